The van der Waals surface area contributed by atoms with E-state index in [-0.39, 0.29) is 5.41 Å². The van der Waals surface area contributed by atoms with Crippen molar-refractivity contribution in [1.82, 2.24) is 4.90 Å². The minimum absolute atomic E-state index is 0.109. The Hall–Kier alpha value is -0.790. The van der Waals surface area contributed by atoms with Crippen LogP contribution in [0.15, 0.2) is 12.2 Å². The van der Waals surface area contributed by atoms with Crippen molar-refractivity contribution in [3.63, 3.8) is 0 Å². The maximum Gasteiger partial charge on any atom is 0.223 e. The molecule has 0 saturated carbocycles. The van der Waals surface area contributed by atoms with Gasteiger partial charge in [-0.2, -0.15) is 0 Å². The first-order valence-electron chi connectivity index (χ1n) is 5.95. The highest BCUT2D eigenvalue weighted by Gasteiger charge is 2.37. The third kappa shape index (κ3) is 2.24. The van der Waals surface area contributed by atoms with Crippen LogP contribution in [0, 0.1) is 5.41 Å². The van der Waals surface area contributed by atoms with E-state index in [0.717, 1.165) is 12.8 Å². The highest BCUT2D eigenvalue weighted by atomic mass is 16.2. The molecule has 0 N–H and O–H groups in total. The second-order valence-electron chi connectivity index (χ2n) is 6.00. The number of carbonyl (C=O) groups is 1. The quantitative estimate of drug-likeness (QED) is 0.605. The second kappa shape index (κ2) is 3.66. The van der Waals surface area contributed by atoms with Gasteiger partial charge in [-0.3, -0.25) is 4.79 Å². The maximum atomic E-state index is 12.2. The normalized spacial score (nSPS) is 29.7. The van der Waals surface area contributed by atoms with E-state index in [1.165, 1.54) is 6.42 Å². The lowest BCUT2D eigenvalue weighted by atomic mass is 9.91. The Kier molecular flexibility index (Phi) is 2.61. The molecule has 2 heteroatoms. The summed E-state index contributed by atoms with van der Waals surface area (Å²) in [6, 6.07) is 0.897. The number of amides is 1. The minimum atomic E-state index is 0.109. The zero-order valence-corrected chi connectivity index (χ0v) is 9.99. The van der Waals surface area contributed by atoms with Crippen molar-refractivity contribution < 1.29 is 4.79 Å². The number of nitrogens with zero attached hydrogens (tertiary/aromatic N) is 1. The molecule has 2 atom stereocenters. The fourth-order valence-corrected chi connectivity index (χ4v) is 2.66. The molecule has 2 bridgehead atoms. The topological polar surface area (TPSA) is 20.3 Å². The molecule has 1 fully saturated rings. The lowest BCUT2D eigenvalue weighted by Gasteiger charge is -2.33. The monoisotopic (exact) mass is 207 g/mol. The minimum Gasteiger partial charge on any atom is -0.333 e. The lowest BCUT2D eigenvalue weighted by Crippen LogP contribution is -2.43. The van der Waals surface area contributed by atoms with Gasteiger partial charge < -0.3 is 4.90 Å². The summed E-state index contributed by atoms with van der Waals surface area (Å²) < 4.78 is 0. The molecule has 1 saturated heterocycles. The van der Waals surface area contributed by atoms with Crippen LogP contribution >= 0.6 is 0 Å². The molecule has 2 rings (SSSR count). The van der Waals surface area contributed by atoms with E-state index < -0.39 is 0 Å². The predicted molar refractivity (Wildman–Crippen MR) is 61.5 cm³/mol. The second-order valence-corrected chi connectivity index (χ2v) is 6.00. The zero-order chi connectivity index (χ0) is 11.1. The Balaban J connectivity index is 2.05. The summed E-state index contributed by atoms with van der Waals surface area (Å²) in [7, 11) is 0. The van der Waals surface area contributed by atoms with Crippen molar-refractivity contribution in [2.45, 2.75) is 58.5 Å². The van der Waals surface area contributed by atoms with Gasteiger partial charge in [0.25, 0.3) is 0 Å². The summed E-state index contributed by atoms with van der Waals surface area (Å²) in [5, 5.41) is 0. The molecule has 0 radical (unpaired) electrons. The third-order valence-electron chi connectivity index (χ3n) is 3.28. The summed E-state index contributed by atoms with van der Waals surface area (Å²) in [5.74, 6) is 0.347. The number of carbonyl (C=O) groups excluding carboxylic acids is 1. The highest BCUT2D eigenvalue weighted by Crippen LogP contribution is 2.33. The highest BCUT2D eigenvalue weighted by molar-refractivity contribution is 5.78. The van der Waals surface area contributed by atoms with E-state index in [1.54, 1.807) is 0 Å². The van der Waals surface area contributed by atoms with Gasteiger partial charge in [0.2, 0.25) is 5.91 Å². The Morgan fingerprint density at radius 2 is 2.13 bits per heavy atom. The molecule has 2 aliphatic heterocycles. The van der Waals surface area contributed by atoms with Gasteiger partial charge in [0.1, 0.15) is 0 Å². The van der Waals surface area contributed by atoms with Crippen LogP contribution in [0.3, 0.4) is 0 Å². The van der Waals surface area contributed by atoms with Crippen LogP contribution in [-0.4, -0.2) is 22.9 Å². The summed E-state index contributed by atoms with van der Waals surface area (Å²) in [4.78, 5) is 14.3. The van der Waals surface area contributed by atoms with E-state index in [0.29, 0.717) is 24.4 Å². The molecular formula is C13H21NO. The van der Waals surface area contributed by atoms with Crippen molar-refractivity contribution in [3.8, 4) is 0 Å². The van der Waals surface area contributed by atoms with Crippen molar-refractivity contribution in [2.24, 2.45) is 5.41 Å². The van der Waals surface area contributed by atoms with Gasteiger partial charge in [-0.15, -0.1) is 0 Å². The van der Waals surface area contributed by atoms with Crippen LogP contribution in [0.2, 0.25) is 0 Å². The molecule has 84 valence electrons. The average Bonchev–Trinajstić information content (AvgIpc) is 2.34. The zero-order valence-electron chi connectivity index (χ0n) is 9.99. The number of rotatable bonds is 1. The van der Waals surface area contributed by atoms with Gasteiger partial charge in [-0.25, -0.2) is 0 Å². The molecular weight excluding hydrogens is 186 g/mol. The molecule has 2 heterocycles. The van der Waals surface area contributed by atoms with Crippen LogP contribution in [0.5, 0.6) is 0 Å². The summed E-state index contributed by atoms with van der Waals surface area (Å²) in [6.07, 6.45) is 8.54. The van der Waals surface area contributed by atoms with Gasteiger partial charge in [-0.1, -0.05) is 32.9 Å². The number of fused-ring (bicyclic) bond motifs is 2. The van der Waals surface area contributed by atoms with E-state index in [4.69, 9.17) is 0 Å². The first kappa shape index (κ1) is 10.7. The first-order valence-corrected chi connectivity index (χ1v) is 5.95. The van der Waals surface area contributed by atoms with Gasteiger partial charge in [0, 0.05) is 12.5 Å². The lowest BCUT2D eigenvalue weighted by molar-refractivity contribution is -0.135. The molecule has 1 amide bonds. The molecule has 0 aromatic heterocycles. The standard InChI is InChI=1S/C13H21NO/c1-13(2,3)9-12(15)14-10-5-4-6-11(14)8-7-10/h4-5,10-11H,6-9H2,1-3H3/t10-,11-/m0/s1. The summed E-state index contributed by atoms with van der Waals surface area (Å²) in [6.45, 7) is 6.39. The summed E-state index contributed by atoms with van der Waals surface area (Å²) in [5.41, 5.74) is 0.109. The number of hydrogen-bond donors (Lipinski definition) is 0. The molecule has 0 aromatic carbocycles. The predicted octanol–water partition coefficient (Wildman–Crippen LogP) is 2.74. The molecule has 0 unspecified atom stereocenters. The SMILES string of the molecule is CC(C)(C)CC(=O)N1[C@H]2CC=C[C@H]1CC2. The molecule has 0 aromatic rings. The van der Waals surface area contributed by atoms with Crippen molar-refractivity contribution in [1.29, 1.82) is 0 Å². The van der Waals surface area contributed by atoms with Crippen molar-refractivity contribution >= 4 is 5.91 Å². The fraction of sp³-hybridized carbons (Fsp3) is 0.769. The van der Waals surface area contributed by atoms with E-state index in [1.807, 2.05) is 0 Å². The van der Waals surface area contributed by atoms with Crippen LogP contribution in [0.4, 0.5) is 0 Å². The van der Waals surface area contributed by atoms with Crippen LogP contribution in [-0.2, 0) is 4.79 Å². The van der Waals surface area contributed by atoms with E-state index in [9.17, 15) is 4.79 Å². The average molecular weight is 207 g/mol. The molecule has 2 aliphatic rings. The smallest absolute Gasteiger partial charge is 0.223 e. The Morgan fingerprint density at radius 1 is 1.40 bits per heavy atom. The van der Waals surface area contributed by atoms with Gasteiger partial charge in [-0.05, 0) is 24.7 Å². The van der Waals surface area contributed by atoms with Crippen molar-refractivity contribution in [2.75, 3.05) is 0 Å². The number of hydrogen-bond acceptors (Lipinski definition) is 1. The van der Waals surface area contributed by atoms with Crippen LogP contribution in [0.1, 0.15) is 46.5 Å². The Labute approximate surface area is 92.3 Å². The molecule has 2 nitrogen and oxygen atoms in total. The van der Waals surface area contributed by atoms with Crippen LogP contribution in [0.25, 0.3) is 0 Å². The maximum absolute atomic E-state index is 12.2. The van der Waals surface area contributed by atoms with Crippen LogP contribution < -0.4 is 0 Å². The van der Waals surface area contributed by atoms with Gasteiger partial charge >= 0.3 is 0 Å². The van der Waals surface area contributed by atoms with Gasteiger partial charge in [0.15, 0.2) is 0 Å². The first-order chi connectivity index (χ1) is 6.97. The van der Waals surface area contributed by atoms with Crippen molar-refractivity contribution in [3.05, 3.63) is 12.2 Å². The van der Waals surface area contributed by atoms with Gasteiger partial charge in [0.05, 0.1) is 6.04 Å². The van der Waals surface area contributed by atoms with E-state index in [2.05, 4.69) is 37.8 Å². The largest absolute Gasteiger partial charge is 0.333 e. The van der Waals surface area contributed by atoms with E-state index >= 15 is 0 Å². The Bertz CT molecular complexity index is 287. The molecule has 0 aliphatic carbocycles. The molecule has 15 heavy (non-hydrogen) atoms. The molecule has 0 spiro atoms. The summed E-state index contributed by atoms with van der Waals surface area (Å²) >= 11 is 0. The Morgan fingerprint density at radius 3 is 2.73 bits per heavy atom. The third-order valence-corrected chi connectivity index (χ3v) is 3.28. The fourth-order valence-electron chi connectivity index (χ4n) is 2.66.